The first kappa shape index (κ1) is 36.0. The average molecular weight is 661 g/mol. The summed E-state index contributed by atoms with van der Waals surface area (Å²) in [6, 6.07) is 0. The van der Waals surface area contributed by atoms with Crippen LogP contribution in [0.5, 0.6) is 0 Å². The molecule has 2 saturated carbocycles. The molecule has 0 radical (unpaired) electrons. The van der Waals surface area contributed by atoms with E-state index in [0.29, 0.717) is 11.1 Å². The quantitative estimate of drug-likeness (QED) is 0.129. The zero-order valence-corrected chi connectivity index (χ0v) is 29.6. The molecule has 0 aliphatic heterocycles. The van der Waals surface area contributed by atoms with E-state index in [4.69, 9.17) is 9.47 Å². The lowest BCUT2D eigenvalue weighted by Crippen LogP contribution is -2.66. The topological polar surface area (TPSA) is 130 Å². The van der Waals surface area contributed by atoms with E-state index in [9.17, 15) is 29.7 Å². The number of hydrogen-bond acceptors (Lipinski definition) is 8. The highest BCUT2D eigenvalue weighted by atomic mass is 16.6. The maximum absolute atomic E-state index is 13.3. The fourth-order valence-corrected chi connectivity index (χ4v) is 9.78. The molecule has 0 spiro atoms. The van der Waals surface area contributed by atoms with Crippen molar-refractivity contribution in [2.45, 2.75) is 104 Å². The minimum atomic E-state index is -1.97. The van der Waals surface area contributed by atoms with Gasteiger partial charge in [-0.05, 0) is 55.2 Å². The van der Waals surface area contributed by atoms with Crippen molar-refractivity contribution < 1.29 is 39.2 Å². The SMILES string of the molecule is CC(=O)O[C@@]12C(OC(=O)/C=C/C=C/C=C/C=C/C3=C(C)CCCC3(C)C)[C@@H](C)[C@]3(O)[C@@H]4C=C(C)C(=O)C4(O)CC(CO)=C[C@H]3[C@@H]1C2(C)C. The highest BCUT2D eigenvalue weighted by Gasteiger charge is 2.87. The Hall–Kier alpha value is -3.33. The molecule has 0 bridgehead atoms. The molecule has 48 heavy (non-hydrogen) atoms. The van der Waals surface area contributed by atoms with E-state index in [1.165, 1.54) is 37.0 Å². The summed E-state index contributed by atoms with van der Waals surface area (Å²) in [6.07, 6.45) is 20.0. The van der Waals surface area contributed by atoms with E-state index in [-0.39, 0.29) is 11.8 Å². The summed E-state index contributed by atoms with van der Waals surface area (Å²) in [4.78, 5) is 39.2. The number of allylic oxidation sites excluding steroid dienone is 9. The Balaban J connectivity index is 1.40. The number of carbonyl (C=O) groups excluding carboxylic acids is 3. The molecule has 5 aliphatic rings. The van der Waals surface area contributed by atoms with Crippen molar-refractivity contribution in [1.29, 1.82) is 0 Å². The Morgan fingerprint density at radius 1 is 1.00 bits per heavy atom. The maximum atomic E-state index is 13.3. The lowest BCUT2D eigenvalue weighted by atomic mass is 9.59. The summed E-state index contributed by atoms with van der Waals surface area (Å²) in [5.74, 6) is -4.88. The van der Waals surface area contributed by atoms with Gasteiger partial charge in [0.05, 0.1) is 12.2 Å². The number of carbonyl (C=O) groups is 3. The van der Waals surface area contributed by atoms with Crippen LogP contribution in [0.3, 0.4) is 0 Å². The van der Waals surface area contributed by atoms with Gasteiger partial charge >= 0.3 is 11.9 Å². The van der Waals surface area contributed by atoms with E-state index in [1.54, 1.807) is 38.2 Å². The second-order valence-electron chi connectivity index (χ2n) is 15.8. The van der Waals surface area contributed by atoms with Gasteiger partial charge in [-0.15, -0.1) is 0 Å². The van der Waals surface area contributed by atoms with Crippen LogP contribution < -0.4 is 0 Å². The van der Waals surface area contributed by atoms with Gasteiger partial charge in [-0.1, -0.05) is 94.9 Å². The van der Waals surface area contributed by atoms with E-state index in [1.807, 2.05) is 38.2 Å². The van der Waals surface area contributed by atoms with Gasteiger partial charge in [-0.3, -0.25) is 9.59 Å². The van der Waals surface area contributed by atoms with Crippen molar-refractivity contribution >= 4 is 17.7 Å². The molecule has 0 aromatic heterocycles. The predicted octanol–water partition coefficient (Wildman–Crippen LogP) is 5.80. The second-order valence-corrected chi connectivity index (χ2v) is 15.8. The summed E-state index contributed by atoms with van der Waals surface area (Å²) in [7, 11) is 0. The molecule has 8 atom stereocenters. The van der Waals surface area contributed by atoms with Crippen LogP contribution in [0.25, 0.3) is 0 Å². The Labute approximate surface area is 284 Å². The van der Waals surface area contributed by atoms with Crippen LogP contribution in [-0.2, 0) is 23.9 Å². The number of Topliss-reactive ketones (excluding diaryl/α,β-unsaturated/α-hetero) is 1. The van der Waals surface area contributed by atoms with Gasteiger partial charge in [-0.2, -0.15) is 0 Å². The van der Waals surface area contributed by atoms with Crippen LogP contribution in [-0.4, -0.2) is 62.6 Å². The summed E-state index contributed by atoms with van der Waals surface area (Å²) in [5, 5.41) is 34.8. The molecule has 0 amide bonds. The van der Waals surface area contributed by atoms with Gasteiger partial charge in [0.15, 0.2) is 11.4 Å². The third-order valence-electron chi connectivity index (χ3n) is 12.1. The molecule has 3 N–H and O–H groups in total. The van der Waals surface area contributed by atoms with Crippen LogP contribution in [0.15, 0.2) is 83.1 Å². The number of esters is 2. The highest BCUT2D eigenvalue weighted by Crippen LogP contribution is 2.77. The van der Waals surface area contributed by atoms with Gasteiger partial charge in [0, 0.05) is 48.5 Å². The zero-order chi connectivity index (χ0) is 35.4. The lowest BCUT2D eigenvalue weighted by molar-refractivity contribution is -0.226. The Kier molecular flexibility index (Phi) is 9.39. The predicted molar refractivity (Wildman–Crippen MR) is 183 cm³/mol. The monoisotopic (exact) mass is 660 g/mol. The van der Waals surface area contributed by atoms with Crippen molar-refractivity contribution in [2.75, 3.05) is 6.61 Å². The summed E-state index contributed by atoms with van der Waals surface area (Å²) in [5.41, 5.74) is -2.03. The maximum Gasteiger partial charge on any atom is 0.331 e. The van der Waals surface area contributed by atoms with Crippen molar-refractivity contribution in [1.82, 2.24) is 0 Å². The van der Waals surface area contributed by atoms with Crippen molar-refractivity contribution in [3.8, 4) is 0 Å². The average Bonchev–Trinajstić information content (AvgIpc) is 3.42. The molecule has 0 aromatic rings. The minimum absolute atomic E-state index is 0.140. The number of aliphatic hydroxyl groups is 3. The smallest absolute Gasteiger partial charge is 0.331 e. The number of fused-ring (bicyclic) bond motifs is 5. The van der Waals surface area contributed by atoms with Crippen molar-refractivity contribution in [3.05, 3.63) is 83.1 Å². The minimum Gasteiger partial charge on any atom is -0.455 e. The summed E-state index contributed by atoms with van der Waals surface area (Å²) < 4.78 is 12.2. The molecule has 8 nitrogen and oxygen atoms in total. The molecular formula is C40H52O8. The first-order valence-electron chi connectivity index (χ1n) is 17.2. The largest absolute Gasteiger partial charge is 0.455 e. The normalized spacial score (nSPS) is 38.5. The number of rotatable bonds is 8. The second kappa shape index (κ2) is 12.5. The van der Waals surface area contributed by atoms with Gasteiger partial charge in [0.1, 0.15) is 11.7 Å². The van der Waals surface area contributed by atoms with E-state index < -0.39 is 76.3 Å². The number of ether oxygens (including phenoxy) is 2. The molecule has 5 rings (SSSR count). The number of aliphatic hydroxyl groups excluding tert-OH is 1. The fraction of sp³-hybridized carbons (Fsp3) is 0.575. The molecule has 5 aliphatic carbocycles. The number of hydrogen-bond donors (Lipinski definition) is 3. The van der Waals surface area contributed by atoms with Gasteiger partial charge in [0.25, 0.3) is 0 Å². The molecule has 2 unspecified atom stereocenters. The van der Waals surface area contributed by atoms with Crippen LogP contribution >= 0.6 is 0 Å². The van der Waals surface area contributed by atoms with Crippen LogP contribution in [0, 0.1) is 34.5 Å². The van der Waals surface area contributed by atoms with Crippen molar-refractivity contribution in [3.63, 3.8) is 0 Å². The van der Waals surface area contributed by atoms with Crippen LogP contribution in [0.2, 0.25) is 0 Å². The first-order chi connectivity index (χ1) is 22.4. The third-order valence-corrected chi connectivity index (χ3v) is 12.1. The van der Waals surface area contributed by atoms with Gasteiger partial charge in [-0.25, -0.2) is 4.79 Å². The van der Waals surface area contributed by atoms with Crippen LogP contribution in [0.4, 0.5) is 0 Å². The number of ketones is 1. The Bertz CT molecular complexity index is 1580. The van der Waals surface area contributed by atoms with Crippen LogP contribution in [0.1, 0.15) is 81.1 Å². The van der Waals surface area contributed by atoms with Gasteiger partial charge < -0.3 is 24.8 Å². The molecule has 2 fully saturated rings. The first-order valence-corrected chi connectivity index (χ1v) is 17.2. The zero-order valence-electron chi connectivity index (χ0n) is 29.6. The summed E-state index contributed by atoms with van der Waals surface area (Å²) in [6.45, 7) is 14.8. The Morgan fingerprint density at radius 2 is 1.65 bits per heavy atom. The molecular weight excluding hydrogens is 608 g/mol. The molecule has 8 heteroatoms. The fourth-order valence-electron chi connectivity index (χ4n) is 9.78. The molecule has 0 saturated heterocycles. The third kappa shape index (κ3) is 5.54. The van der Waals surface area contributed by atoms with Gasteiger partial charge in [0.2, 0.25) is 0 Å². The molecule has 260 valence electrons. The van der Waals surface area contributed by atoms with E-state index in [0.717, 1.165) is 6.42 Å². The van der Waals surface area contributed by atoms with E-state index >= 15 is 0 Å². The van der Waals surface area contributed by atoms with Crippen molar-refractivity contribution in [2.24, 2.45) is 34.5 Å². The molecule has 0 aromatic carbocycles. The molecule has 0 heterocycles. The highest BCUT2D eigenvalue weighted by molar-refractivity contribution is 6.04. The summed E-state index contributed by atoms with van der Waals surface area (Å²) >= 11 is 0. The van der Waals surface area contributed by atoms with E-state index in [2.05, 4.69) is 26.8 Å². The lowest BCUT2D eigenvalue weighted by Gasteiger charge is -2.53. The standard InChI is InChI=1S/C40H52O8/c1-24-16-15-19-36(5,6)29(24)17-13-11-9-10-12-14-18-32(43)47-35-26(3)39(46)30(33-37(7,8)40(33,35)48-27(4)42)21-28(23-41)22-38(45)31(39)20-25(2)34(38)44/h9-14,17-18,20-21,26,30-31,33,35,41,45-46H,15-16,19,22-23H2,1-8H3/b11-9+,12-10+,17-13+,18-14+/t26-,30+,31-,33-,35?,38?,39-,40-/m1/s1. The Morgan fingerprint density at radius 3 is 2.27 bits per heavy atom.